The van der Waals surface area contributed by atoms with Crippen LogP contribution in [0.3, 0.4) is 0 Å². The normalized spacial score (nSPS) is 29.2. The Balaban J connectivity index is 1.55. The lowest BCUT2D eigenvalue weighted by Crippen LogP contribution is -2.56. The molecule has 2 heterocycles. The number of nitrogens with zero attached hydrogens (tertiary/aromatic N) is 3. The van der Waals surface area contributed by atoms with Crippen molar-refractivity contribution in [2.24, 2.45) is 17.8 Å². The lowest BCUT2D eigenvalue weighted by Gasteiger charge is -2.61. The summed E-state index contributed by atoms with van der Waals surface area (Å²) >= 11 is 0. The van der Waals surface area contributed by atoms with Gasteiger partial charge in [0.15, 0.2) is 0 Å². The third kappa shape index (κ3) is 3.87. The molecule has 4 fully saturated rings. The molecule has 2 N–H and O–H groups in total. The zero-order valence-corrected chi connectivity index (χ0v) is 18.8. The number of carbonyl (C=O) groups is 1. The van der Waals surface area contributed by atoms with Crippen LogP contribution in [-0.2, 0) is 27.9 Å². The summed E-state index contributed by atoms with van der Waals surface area (Å²) in [5.41, 5.74) is -2.72. The number of halogens is 5. The van der Waals surface area contributed by atoms with Crippen molar-refractivity contribution in [3.05, 3.63) is 35.3 Å². The maximum absolute atomic E-state index is 14.3. The molecule has 0 spiro atoms. The average Bonchev–Trinajstić information content (AvgIpc) is 3.30. The number of anilines is 1. The molecule has 3 unspecified atom stereocenters. The smallest absolute Gasteiger partial charge is 0.320 e. The number of hydrogen-bond donors (Lipinski definition) is 2. The molecule has 184 valence electrons. The summed E-state index contributed by atoms with van der Waals surface area (Å²) in [6, 6.07) is 2.47. The van der Waals surface area contributed by atoms with Gasteiger partial charge in [-0.15, -0.1) is 0 Å². The number of amides is 1. The van der Waals surface area contributed by atoms with Crippen LogP contribution >= 0.6 is 0 Å². The largest absolute Gasteiger partial charge is 0.420 e. The highest BCUT2D eigenvalue weighted by Crippen LogP contribution is 2.66. The Morgan fingerprint density at radius 2 is 2.03 bits per heavy atom. The first-order valence-electron chi connectivity index (χ1n) is 10.8. The Bertz CT molecular complexity index is 1260. The molecule has 3 atom stereocenters. The van der Waals surface area contributed by atoms with Crippen LogP contribution in [0.15, 0.2) is 23.4 Å². The molecule has 0 radical (unpaired) electrons. The Labute approximate surface area is 192 Å². The maximum atomic E-state index is 14.3. The van der Waals surface area contributed by atoms with Gasteiger partial charge < -0.3 is 5.32 Å². The molecule has 7 nitrogen and oxygen atoms in total. The van der Waals surface area contributed by atoms with E-state index < -0.39 is 56.7 Å². The SMILES string of the molecule is CS(=N)(=O)c1cc(NC(=O)c2c(C(F)(F)F)c(C34CC(C3)C4)nn2CC2CC2C(F)F)ccn1. The Morgan fingerprint density at radius 1 is 1.35 bits per heavy atom. The lowest BCUT2D eigenvalue weighted by atomic mass is 9.43. The first-order chi connectivity index (χ1) is 15.8. The van der Waals surface area contributed by atoms with Crippen molar-refractivity contribution in [2.45, 2.75) is 55.3 Å². The number of alkyl halides is 5. The van der Waals surface area contributed by atoms with E-state index in [4.69, 9.17) is 4.78 Å². The van der Waals surface area contributed by atoms with E-state index in [-0.39, 0.29) is 29.4 Å². The maximum Gasteiger partial charge on any atom is 0.420 e. The van der Waals surface area contributed by atoms with Gasteiger partial charge in [0, 0.05) is 36.0 Å². The molecule has 0 aromatic carbocycles. The van der Waals surface area contributed by atoms with Gasteiger partial charge in [0.05, 0.1) is 15.4 Å². The molecule has 1 amide bonds. The van der Waals surface area contributed by atoms with Crippen LogP contribution < -0.4 is 5.32 Å². The fraction of sp³-hybridized carbons (Fsp3) is 0.571. The monoisotopic (exact) mass is 503 g/mol. The fourth-order valence-electron chi connectivity index (χ4n) is 5.14. The molecule has 4 aliphatic carbocycles. The lowest BCUT2D eigenvalue weighted by molar-refractivity contribution is -0.142. The van der Waals surface area contributed by atoms with E-state index in [1.54, 1.807) is 0 Å². The third-order valence-electron chi connectivity index (χ3n) is 7.09. The highest BCUT2D eigenvalue weighted by Gasteiger charge is 2.62. The van der Waals surface area contributed by atoms with E-state index >= 15 is 0 Å². The van der Waals surface area contributed by atoms with Crippen LogP contribution in [0.4, 0.5) is 27.6 Å². The molecule has 13 heteroatoms. The number of rotatable bonds is 7. The van der Waals surface area contributed by atoms with E-state index in [1.165, 1.54) is 12.3 Å². The van der Waals surface area contributed by atoms with Gasteiger partial charge in [-0.3, -0.25) is 9.48 Å². The number of carbonyl (C=O) groups excluding carboxylic acids is 1. The summed E-state index contributed by atoms with van der Waals surface area (Å²) in [5.74, 6) is -2.23. The van der Waals surface area contributed by atoms with E-state index in [0.29, 0.717) is 25.2 Å². The number of nitrogens with one attached hydrogen (secondary N) is 2. The van der Waals surface area contributed by atoms with Crippen molar-refractivity contribution in [1.82, 2.24) is 14.8 Å². The highest BCUT2D eigenvalue weighted by molar-refractivity contribution is 7.91. The van der Waals surface area contributed by atoms with Gasteiger partial charge in [-0.25, -0.2) is 22.8 Å². The molecule has 2 aromatic heterocycles. The van der Waals surface area contributed by atoms with Crippen LogP contribution in [0.1, 0.15) is 47.4 Å². The van der Waals surface area contributed by atoms with Crippen LogP contribution in [0.5, 0.6) is 0 Å². The second-order valence-electron chi connectivity index (χ2n) is 9.69. The third-order valence-corrected chi connectivity index (χ3v) is 8.11. The minimum atomic E-state index is -4.87. The van der Waals surface area contributed by atoms with Crippen LogP contribution in [0.2, 0.25) is 0 Å². The van der Waals surface area contributed by atoms with Gasteiger partial charge >= 0.3 is 6.18 Å². The minimum Gasteiger partial charge on any atom is -0.320 e. The first kappa shape index (κ1) is 23.2. The molecule has 0 aliphatic heterocycles. The molecule has 0 saturated heterocycles. The van der Waals surface area contributed by atoms with Crippen molar-refractivity contribution >= 4 is 21.3 Å². The predicted molar refractivity (Wildman–Crippen MR) is 111 cm³/mol. The topological polar surface area (TPSA) is 101 Å². The van der Waals surface area contributed by atoms with E-state index in [0.717, 1.165) is 17.0 Å². The van der Waals surface area contributed by atoms with E-state index in [9.17, 15) is 31.0 Å². The Kier molecular flexibility index (Phi) is 5.09. The first-order valence-corrected chi connectivity index (χ1v) is 12.7. The summed E-state index contributed by atoms with van der Waals surface area (Å²) in [6.45, 7) is -0.211. The molecular weight excluding hydrogens is 481 g/mol. The second kappa shape index (κ2) is 7.46. The van der Waals surface area contributed by atoms with Gasteiger partial charge in [-0.1, -0.05) is 0 Å². The number of aromatic nitrogens is 3. The minimum absolute atomic E-state index is 0.0154. The van der Waals surface area contributed by atoms with Crippen molar-refractivity contribution in [2.75, 3.05) is 11.6 Å². The van der Waals surface area contributed by atoms with Crippen molar-refractivity contribution < 1.29 is 31.0 Å². The number of hydrogen-bond acceptors (Lipinski definition) is 5. The average molecular weight is 503 g/mol. The van der Waals surface area contributed by atoms with Gasteiger partial charge in [0.1, 0.15) is 16.3 Å². The molecule has 2 aromatic rings. The van der Waals surface area contributed by atoms with Gasteiger partial charge in [0.25, 0.3) is 5.91 Å². The zero-order valence-electron chi connectivity index (χ0n) is 18.0. The van der Waals surface area contributed by atoms with Crippen LogP contribution in [0, 0.1) is 22.5 Å². The summed E-state index contributed by atoms with van der Waals surface area (Å²) < 4.78 is 89.5. The van der Waals surface area contributed by atoms with Crippen LogP contribution in [-0.4, -0.2) is 37.6 Å². The van der Waals surface area contributed by atoms with Gasteiger partial charge in [-0.05, 0) is 49.7 Å². The number of pyridine rings is 1. The summed E-state index contributed by atoms with van der Waals surface area (Å²) in [6.07, 6.45) is -3.27. The summed E-state index contributed by atoms with van der Waals surface area (Å²) in [5, 5.41) is 6.44. The molecule has 4 saturated carbocycles. The van der Waals surface area contributed by atoms with Crippen molar-refractivity contribution in [3.8, 4) is 0 Å². The quantitative estimate of drug-likeness (QED) is 0.542. The van der Waals surface area contributed by atoms with E-state index in [1.807, 2.05) is 0 Å². The van der Waals surface area contributed by atoms with Gasteiger partial charge in [-0.2, -0.15) is 18.3 Å². The van der Waals surface area contributed by atoms with Gasteiger partial charge in [0.2, 0.25) is 6.43 Å². The van der Waals surface area contributed by atoms with Crippen molar-refractivity contribution in [1.29, 1.82) is 4.78 Å². The Hall–Kier alpha value is -2.57. The van der Waals surface area contributed by atoms with Crippen molar-refractivity contribution in [3.63, 3.8) is 0 Å². The predicted octanol–water partition coefficient (Wildman–Crippen LogP) is 4.54. The molecule has 4 aliphatic rings. The standard InChI is InChI=1S/C21H22F5N5O2S/c1-34(27,33)14-5-12(2-3-28-14)29-19(32)16-15(21(24,25)26)17(20-6-10(7-20)8-20)30-31(16)9-11-4-13(11)18(22)23/h2-3,5,10-11,13,18,27H,4,6-9H2,1H3,(H,28,29,32). The second-order valence-corrected chi connectivity index (χ2v) is 11.8. The molecule has 2 bridgehead atoms. The Morgan fingerprint density at radius 3 is 2.53 bits per heavy atom. The summed E-state index contributed by atoms with van der Waals surface area (Å²) in [7, 11) is -3.22. The molecule has 6 rings (SSSR count). The highest BCUT2D eigenvalue weighted by atomic mass is 32.2. The fourth-order valence-corrected chi connectivity index (χ4v) is 5.75. The molecule has 34 heavy (non-hydrogen) atoms. The zero-order chi connectivity index (χ0) is 24.6. The van der Waals surface area contributed by atoms with Crippen LogP contribution in [0.25, 0.3) is 0 Å². The molecular formula is C21H22F5N5O2S. The van der Waals surface area contributed by atoms with E-state index in [2.05, 4.69) is 15.4 Å². The summed E-state index contributed by atoms with van der Waals surface area (Å²) in [4.78, 5) is 17.0.